The first-order valence-corrected chi connectivity index (χ1v) is 1.81. The van der Waals surface area contributed by atoms with E-state index in [1.165, 1.54) is 0 Å². The van der Waals surface area contributed by atoms with Gasteiger partial charge >= 0.3 is 51.4 Å². The molecule has 0 fully saturated rings. The zero-order valence-corrected chi connectivity index (χ0v) is 7.10. The molecule has 0 aromatic heterocycles. The fourth-order valence-electron chi connectivity index (χ4n) is 0. The van der Waals surface area contributed by atoms with Gasteiger partial charge in [-0.05, 0) is 0 Å². The average molecular weight is 136 g/mol. The van der Waals surface area contributed by atoms with Crippen molar-refractivity contribution in [3.8, 4) is 0 Å². The van der Waals surface area contributed by atoms with Gasteiger partial charge in [-0.1, -0.05) is 0 Å². The van der Waals surface area contributed by atoms with Crippen molar-refractivity contribution >= 4 is 11.0 Å². The van der Waals surface area contributed by atoms with Gasteiger partial charge in [-0.25, -0.2) is 8.42 Å². The van der Waals surface area contributed by atoms with Gasteiger partial charge in [0.1, 0.15) is 0 Å². The standard InChI is InChI=1S/K.H2O4S/c;1-4-5(2)3/h;1,5H/q+1;/p-1. The van der Waals surface area contributed by atoms with Crippen molar-refractivity contribution in [3.05, 3.63) is 0 Å². The first kappa shape index (κ1) is 10.5. The summed E-state index contributed by atoms with van der Waals surface area (Å²) in [4.78, 5) is 0. The van der Waals surface area contributed by atoms with E-state index in [2.05, 4.69) is 4.33 Å². The smallest absolute Gasteiger partial charge is 0.707 e. The molecule has 0 aromatic carbocycles. The molecule has 0 saturated heterocycles. The second kappa shape index (κ2) is 6.51. The first-order valence-electron chi connectivity index (χ1n) is 0.714. The summed E-state index contributed by atoms with van der Waals surface area (Å²) in [7, 11) is -3.15. The Kier molecular flexibility index (Phi) is 11.4. The summed E-state index contributed by atoms with van der Waals surface area (Å²) in [5, 5.41) is 8.53. The van der Waals surface area contributed by atoms with Gasteiger partial charge in [0, 0.05) is 0 Å². The van der Waals surface area contributed by atoms with Crippen LogP contribution in [0, 0.1) is 0 Å². The minimum Gasteiger partial charge on any atom is -0.707 e. The molecular formula is HKO4S. The van der Waals surface area contributed by atoms with Gasteiger partial charge in [0.2, 0.25) is 11.0 Å². The van der Waals surface area contributed by atoms with E-state index in [-0.39, 0.29) is 51.4 Å². The van der Waals surface area contributed by atoms with Crippen LogP contribution in [-0.4, -0.2) is 8.42 Å². The average Bonchev–Trinajstić information content (AvgIpc) is 1.38. The molecule has 0 amide bonds. The molecule has 0 aromatic rings. The van der Waals surface area contributed by atoms with Gasteiger partial charge in [0.25, 0.3) is 0 Å². The quantitative estimate of drug-likeness (QED) is 0.169. The van der Waals surface area contributed by atoms with Gasteiger partial charge in [0.05, 0.1) is 0 Å². The molecule has 6 heteroatoms. The van der Waals surface area contributed by atoms with Crippen LogP contribution >= 0.6 is 0 Å². The fraction of sp³-hybridized carbons (Fsp3) is 0. The molecule has 0 saturated carbocycles. The maximum absolute atomic E-state index is 8.87. The predicted octanol–water partition coefficient (Wildman–Crippen LogP) is -5.19. The third-order valence-corrected chi connectivity index (χ3v) is 0.183. The zero-order chi connectivity index (χ0) is 4.28. The number of hydrogen-bond donors (Lipinski definition) is 1. The molecule has 0 N–H and O–H groups in total. The molecule has 0 aliphatic rings. The maximum Gasteiger partial charge on any atom is 1.00 e. The zero-order valence-electron chi connectivity index (χ0n) is 3.08. The molecule has 0 aliphatic heterocycles. The van der Waals surface area contributed by atoms with Crippen molar-refractivity contribution < 1.29 is 69.4 Å². The van der Waals surface area contributed by atoms with Crippen LogP contribution in [0.4, 0.5) is 0 Å². The topological polar surface area (TPSA) is 66.4 Å². The Balaban J connectivity index is 0. The van der Waals surface area contributed by atoms with E-state index in [0.717, 1.165) is 0 Å². The second-order valence-corrected chi connectivity index (χ2v) is 0.894. The number of rotatable bonds is 1. The summed E-state index contributed by atoms with van der Waals surface area (Å²) in [6, 6.07) is 0. The Hall–Kier alpha value is 1.51. The monoisotopic (exact) mass is 136 g/mol. The van der Waals surface area contributed by atoms with Crippen LogP contribution in [0.5, 0.6) is 0 Å². The Morgan fingerprint density at radius 2 is 1.67 bits per heavy atom. The van der Waals surface area contributed by atoms with Crippen molar-refractivity contribution in [2.75, 3.05) is 0 Å². The fourth-order valence-corrected chi connectivity index (χ4v) is 0. The summed E-state index contributed by atoms with van der Waals surface area (Å²) in [5.74, 6) is 0. The predicted molar refractivity (Wildman–Crippen MR) is 11.4 cm³/mol. The SMILES string of the molecule is O=[SH](=O)O[O-].[K+]. The Bertz CT molecular complexity index is 65.6. The Morgan fingerprint density at radius 1 is 1.50 bits per heavy atom. The van der Waals surface area contributed by atoms with Crippen molar-refractivity contribution in [3.63, 3.8) is 0 Å². The van der Waals surface area contributed by atoms with Crippen LogP contribution < -0.4 is 56.6 Å². The van der Waals surface area contributed by atoms with Gasteiger partial charge in [-0.15, -0.1) is 0 Å². The van der Waals surface area contributed by atoms with Gasteiger partial charge in [-0.2, -0.15) is 0 Å². The van der Waals surface area contributed by atoms with Crippen LogP contribution in [0.2, 0.25) is 0 Å². The van der Waals surface area contributed by atoms with Crippen LogP contribution in [0.1, 0.15) is 0 Å². The Labute approximate surface area is 79.0 Å². The second-order valence-electron chi connectivity index (χ2n) is 0.298. The van der Waals surface area contributed by atoms with Crippen LogP contribution in [-0.2, 0) is 15.3 Å². The van der Waals surface area contributed by atoms with E-state index in [1.807, 2.05) is 0 Å². The summed E-state index contributed by atoms with van der Waals surface area (Å²) < 4.78 is 20.2. The van der Waals surface area contributed by atoms with E-state index in [1.54, 1.807) is 0 Å². The van der Waals surface area contributed by atoms with Gasteiger partial charge < -0.3 is 9.59 Å². The molecule has 6 heavy (non-hydrogen) atoms. The molecular weight excluding hydrogens is 135 g/mol. The van der Waals surface area contributed by atoms with Crippen LogP contribution in [0.25, 0.3) is 0 Å². The van der Waals surface area contributed by atoms with E-state index < -0.39 is 11.0 Å². The largest absolute Gasteiger partial charge is 1.00 e. The summed E-state index contributed by atoms with van der Waals surface area (Å²) in [6.45, 7) is 0. The Morgan fingerprint density at radius 3 is 1.67 bits per heavy atom. The number of hydrogen-bond acceptors (Lipinski definition) is 4. The third-order valence-electron chi connectivity index (χ3n) is 0.0609. The molecule has 0 spiro atoms. The van der Waals surface area contributed by atoms with E-state index in [4.69, 9.17) is 13.7 Å². The maximum atomic E-state index is 8.87. The minimum absolute atomic E-state index is 0. The number of thiol groups is 1. The van der Waals surface area contributed by atoms with Crippen molar-refractivity contribution in [2.24, 2.45) is 0 Å². The van der Waals surface area contributed by atoms with E-state index >= 15 is 0 Å². The summed E-state index contributed by atoms with van der Waals surface area (Å²) >= 11 is 0. The molecule has 0 heterocycles. The van der Waals surface area contributed by atoms with Crippen LogP contribution in [0.3, 0.4) is 0 Å². The molecule has 4 nitrogen and oxygen atoms in total. The molecule has 0 radical (unpaired) electrons. The minimum atomic E-state index is -3.15. The molecule has 0 atom stereocenters. The molecule has 0 rings (SSSR count). The molecule has 0 bridgehead atoms. The van der Waals surface area contributed by atoms with Crippen LogP contribution in [0.15, 0.2) is 0 Å². The first-order chi connectivity index (χ1) is 2.27. The van der Waals surface area contributed by atoms with Crippen molar-refractivity contribution in [1.29, 1.82) is 0 Å². The third kappa shape index (κ3) is 9.10. The van der Waals surface area contributed by atoms with Gasteiger partial charge in [-0.3, -0.25) is 0 Å². The van der Waals surface area contributed by atoms with E-state index in [9.17, 15) is 0 Å². The molecule has 0 unspecified atom stereocenters. The van der Waals surface area contributed by atoms with Gasteiger partial charge in [0.15, 0.2) is 0 Å². The normalized spacial score (nSPS) is 7.67. The molecule has 32 valence electrons. The van der Waals surface area contributed by atoms with Crippen molar-refractivity contribution in [1.82, 2.24) is 0 Å². The van der Waals surface area contributed by atoms with E-state index in [0.29, 0.717) is 0 Å². The molecule has 0 aliphatic carbocycles. The van der Waals surface area contributed by atoms with Crippen molar-refractivity contribution in [2.45, 2.75) is 0 Å². The summed E-state index contributed by atoms with van der Waals surface area (Å²) in [6.07, 6.45) is 0. The summed E-state index contributed by atoms with van der Waals surface area (Å²) in [5.41, 5.74) is 0.